The summed E-state index contributed by atoms with van der Waals surface area (Å²) >= 11 is 6.68. The second kappa shape index (κ2) is 9.97. The number of rotatable bonds is 6. The molecule has 1 saturated heterocycles. The van der Waals surface area contributed by atoms with Gasteiger partial charge in [0, 0.05) is 28.5 Å². The fourth-order valence-electron chi connectivity index (χ4n) is 5.20. The number of benzene rings is 2. The smallest absolute Gasteiger partial charge is 0.329 e. The minimum Gasteiger partial charge on any atom is -0.366 e. The van der Waals surface area contributed by atoms with Gasteiger partial charge in [-0.15, -0.1) is 0 Å². The number of urea groups is 1. The molecule has 2 aromatic rings. The van der Waals surface area contributed by atoms with Crippen LogP contribution in [0.3, 0.4) is 0 Å². The zero-order valence-corrected chi connectivity index (χ0v) is 22.2. The van der Waals surface area contributed by atoms with Gasteiger partial charge in [-0.25, -0.2) is 9.69 Å². The van der Waals surface area contributed by atoms with E-state index in [-0.39, 0.29) is 17.8 Å². The van der Waals surface area contributed by atoms with Crippen molar-refractivity contribution in [3.63, 3.8) is 0 Å². The number of halogens is 1. The second-order valence-electron chi connectivity index (χ2n) is 10.2. The third-order valence-electron chi connectivity index (χ3n) is 6.93. The molecule has 4 amide bonds. The molecule has 0 aromatic heterocycles. The number of carbonyl (C=O) groups is 3. The average molecular weight is 509 g/mol. The van der Waals surface area contributed by atoms with Crippen LogP contribution in [0.25, 0.3) is 6.08 Å². The summed E-state index contributed by atoms with van der Waals surface area (Å²) in [6.45, 7) is 11.3. The summed E-state index contributed by atoms with van der Waals surface area (Å²) in [7, 11) is 0. The van der Waals surface area contributed by atoms with E-state index in [4.69, 9.17) is 11.6 Å². The molecule has 8 heteroatoms. The summed E-state index contributed by atoms with van der Waals surface area (Å²) in [5, 5.41) is 5.85. The number of fused-ring (bicyclic) bond motifs is 1. The largest absolute Gasteiger partial charge is 0.366 e. The Hall–Kier alpha value is -3.32. The maximum atomic E-state index is 13.0. The Morgan fingerprint density at radius 1 is 1.25 bits per heavy atom. The van der Waals surface area contributed by atoms with Gasteiger partial charge in [-0.2, -0.15) is 0 Å². The first-order chi connectivity index (χ1) is 17.0. The number of anilines is 2. The Morgan fingerprint density at radius 2 is 1.97 bits per heavy atom. The highest BCUT2D eigenvalue weighted by atomic mass is 35.5. The van der Waals surface area contributed by atoms with Crippen molar-refractivity contribution in [1.29, 1.82) is 0 Å². The molecule has 4 rings (SSSR count). The number of nitrogens with zero attached hydrogens (tertiary/aromatic N) is 2. The maximum absolute atomic E-state index is 13.0. The highest BCUT2D eigenvalue weighted by Crippen LogP contribution is 2.45. The number of aryl methyl sites for hydroxylation is 1. The van der Waals surface area contributed by atoms with Gasteiger partial charge in [0.1, 0.15) is 12.2 Å². The van der Waals surface area contributed by atoms with E-state index in [2.05, 4.69) is 43.2 Å². The van der Waals surface area contributed by atoms with Crippen LogP contribution in [-0.2, 0) is 9.59 Å². The molecule has 0 bridgehead atoms. The monoisotopic (exact) mass is 508 g/mol. The van der Waals surface area contributed by atoms with Crippen molar-refractivity contribution in [2.45, 2.75) is 58.9 Å². The molecule has 2 aliphatic rings. The van der Waals surface area contributed by atoms with Gasteiger partial charge in [0.05, 0.1) is 0 Å². The Morgan fingerprint density at radius 3 is 2.67 bits per heavy atom. The van der Waals surface area contributed by atoms with E-state index in [1.165, 1.54) is 5.56 Å². The van der Waals surface area contributed by atoms with Gasteiger partial charge in [0.15, 0.2) is 0 Å². The van der Waals surface area contributed by atoms with Crippen molar-refractivity contribution in [3.8, 4) is 0 Å². The quantitative estimate of drug-likeness (QED) is 0.388. The third-order valence-corrected chi connectivity index (χ3v) is 7.26. The summed E-state index contributed by atoms with van der Waals surface area (Å²) in [5.74, 6) is -0.697. The summed E-state index contributed by atoms with van der Waals surface area (Å²) in [4.78, 5) is 41.4. The number of nitrogens with one attached hydrogen (secondary N) is 2. The molecule has 2 aromatic carbocycles. The van der Waals surface area contributed by atoms with Gasteiger partial charge in [0.25, 0.3) is 5.91 Å². The number of imide groups is 1. The molecule has 190 valence electrons. The Bertz CT molecular complexity index is 1250. The van der Waals surface area contributed by atoms with Gasteiger partial charge in [-0.3, -0.25) is 9.59 Å². The fourth-order valence-corrected chi connectivity index (χ4v) is 5.41. The predicted molar refractivity (Wildman–Crippen MR) is 144 cm³/mol. The molecule has 0 spiro atoms. The first-order valence-corrected chi connectivity index (χ1v) is 12.7. The summed E-state index contributed by atoms with van der Waals surface area (Å²) in [6.07, 6.45) is 3.62. The van der Waals surface area contributed by atoms with E-state index in [9.17, 15) is 14.4 Å². The number of carbonyl (C=O) groups excluding carboxylic acids is 3. The standard InChI is InChI=1S/C28H33ClN4O3/c1-6-11-33-24-14-21(29)19(12-20(24)18(3)15-28(33,4)5)13-23-26(35)32(27(36)31-23)16-25(34)30-22-10-8-7-9-17(22)2/h7-10,12-14,18H,6,11,15-16H2,1-5H3,(H,30,34)(H,31,36)/b23-13+. The average Bonchev–Trinajstić information content (AvgIpc) is 3.06. The number of amides is 4. The van der Waals surface area contributed by atoms with Crippen LogP contribution in [0.1, 0.15) is 63.1 Å². The molecule has 2 N–H and O–H groups in total. The van der Waals surface area contributed by atoms with Crippen LogP contribution in [-0.4, -0.2) is 41.4 Å². The molecule has 0 saturated carbocycles. The van der Waals surface area contributed by atoms with E-state index in [1.54, 1.807) is 12.1 Å². The van der Waals surface area contributed by atoms with Crippen molar-refractivity contribution in [2.75, 3.05) is 23.3 Å². The maximum Gasteiger partial charge on any atom is 0.329 e. The lowest BCUT2D eigenvalue weighted by molar-refractivity contribution is -0.127. The molecule has 1 unspecified atom stereocenters. The van der Waals surface area contributed by atoms with Crippen molar-refractivity contribution < 1.29 is 14.4 Å². The first kappa shape index (κ1) is 25.8. The van der Waals surface area contributed by atoms with Crippen LogP contribution in [0, 0.1) is 6.92 Å². The van der Waals surface area contributed by atoms with Gasteiger partial charge in [-0.1, -0.05) is 43.6 Å². The van der Waals surface area contributed by atoms with Crippen molar-refractivity contribution in [3.05, 3.63) is 63.8 Å². The van der Waals surface area contributed by atoms with Gasteiger partial charge in [-0.05, 0) is 80.5 Å². The second-order valence-corrected chi connectivity index (χ2v) is 10.7. The summed E-state index contributed by atoms with van der Waals surface area (Å²) < 4.78 is 0. The third kappa shape index (κ3) is 4.98. The molecule has 1 atom stereocenters. The molecule has 0 radical (unpaired) electrons. The molecule has 0 aliphatic carbocycles. The lowest BCUT2D eigenvalue weighted by Crippen LogP contribution is -2.48. The Balaban J connectivity index is 1.57. The highest BCUT2D eigenvalue weighted by molar-refractivity contribution is 6.32. The zero-order valence-electron chi connectivity index (χ0n) is 21.4. The normalized spacial score (nSPS) is 19.9. The lowest BCUT2D eigenvalue weighted by Gasteiger charge is -2.47. The Kier molecular flexibility index (Phi) is 7.14. The number of hydrogen-bond donors (Lipinski definition) is 2. The van der Waals surface area contributed by atoms with E-state index in [0.29, 0.717) is 22.2 Å². The van der Waals surface area contributed by atoms with E-state index < -0.39 is 17.8 Å². The van der Waals surface area contributed by atoms with Crippen LogP contribution >= 0.6 is 11.6 Å². The Labute approximate surface area is 217 Å². The van der Waals surface area contributed by atoms with E-state index in [1.807, 2.05) is 37.3 Å². The van der Waals surface area contributed by atoms with Crippen molar-refractivity contribution in [1.82, 2.24) is 10.2 Å². The highest BCUT2D eigenvalue weighted by Gasteiger charge is 2.37. The molecule has 36 heavy (non-hydrogen) atoms. The van der Waals surface area contributed by atoms with Crippen LogP contribution in [0.5, 0.6) is 0 Å². The molecule has 2 aliphatic heterocycles. The molecular formula is C28H33ClN4O3. The minimum atomic E-state index is -0.635. The molecule has 7 nitrogen and oxygen atoms in total. The van der Waals surface area contributed by atoms with E-state index >= 15 is 0 Å². The zero-order chi connectivity index (χ0) is 26.2. The van der Waals surface area contributed by atoms with E-state index in [0.717, 1.165) is 35.5 Å². The lowest BCUT2D eigenvalue weighted by atomic mass is 9.79. The molecule has 1 fully saturated rings. The van der Waals surface area contributed by atoms with Gasteiger partial charge in [0.2, 0.25) is 5.91 Å². The van der Waals surface area contributed by atoms with Crippen LogP contribution < -0.4 is 15.5 Å². The topological polar surface area (TPSA) is 81.8 Å². The predicted octanol–water partition coefficient (Wildman–Crippen LogP) is 5.68. The first-order valence-electron chi connectivity index (χ1n) is 12.3. The van der Waals surface area contributed by atoms with Crippen LogP contribution in [0.2, 0.25) is 5.02 Å². The number of para-hydroxylation sites is 1. The van der Waals surface area contributed by atoms with Crippen LogP contribution in [0.4, 0.5) is 16.2 Å². The summed E-state index contributed by atoms with van der Waals surface area (Å²) in [6, 6.07) is 10.7. The van der Waals surface area contributed by atoms with Crippen LogP contribution in [0.15, 0.2) is 42.1 Å². The number of hydrogen-bond acceptors (Lipinski definition) is 4. The summed E-state index contributed by atoms with van der Waals surface area (Å²) in [5.41, 5.74) is 4.59. The molecular weight excluding hydrogens is 476 g/mol. The minimum absolute atomic E-state index is 0.0144. The van der Waals surface area contributed by atoms with Gasteiger partial charge >= 0.3 is 6.03 Å². The SMILES string of the molecule is CCCN1c2cc(Cl)c(/C=C3/NC(=O)N(CC(=O)Nc4ccccc4C)C3=O)cc2C(C)CC1(C)C. The molecule has 2 heterocycles. The fraction of sp³-hybridized carbons (Fsp3) is 0.393. The van der Waals surface area contributed by atoms with Crippen molar-refractivity contribution >= 4 is 46.9 Å². The van der Waals surface area contributed by atoms with Crippen molar-refractivity contribution in [2.24, 2.45) is 0 Å². The van der Waals surface area contributed by atoms with Gasteiger partial charge < -0.3 is 15.5 Å².